The minimum Gasteiger partial charge on any atom is -0.497 e. The molecule has 2 aromatic carbocycles. The molecule has 4 rings (SSSR count). The van der Waals surface area contributed by atoms with Gasteiger partial charge in [-0.3, -0.25) is 14.5 Å². The summed E-state index contributed by atoms with van der Waals surface area (Å²) in [6.45, 7) is 0. The van der Waals surface area contributed by atoms with E-state index in [1.54, 1.807) is 26.4 Å². The number of anilines is 1. The van der Waals surface area contributed by atoms with E-state index in [1.807, 2.05) is 41.3 Å². The fourth-order valence-corrected chi connectivity index (χ4v) is 5.29. The van der Waals surface area contributed by atoms with Crippen LogP contribution < -0.4 is 14.8 Å². The monoisotopic (exact) mass is 453 g/mol. The van der Waals surface area contributed by atoms with E-state index < -0.39 is 5.25 Å². The molecule has 1 aliphatic heterocycles. The third-order valence-corrected chi connectivity index (χ3v) is 6.86. The van der Waals surface area contributed by atoms with Gasteiger partial charge < -0.3 is 14.8 Å². The Morgan fingerprint density at radius 2 is 1.81 bits per heavy atom. The van der Waals surface area contributed by atoms with E-state index in [-0.39, 0.29) is 24.3 Å². The first-order valence-corrected chi connectivity index (χ1v) is 11.6. The number of amides is 2. The Labute approximate surface area is 192 Å². The lowest BCUT2D eigenvalue weighted by Crippen LogP contribution is -2.40. The van der Waals surface area contributed by atoms with Gasteiger partial charge in [-0.05, 0) is 49.2 Å². The second kappa shape index (κ2) is 10.1. The van der Waals surface area contributed by atoms with Crippen molar-refractivity contribution in [1.29, 1.82) is 0 Å². The fraction of sp³-hybridized carbons (Fsp3) is 0.375. The molecule has 2 aliphatic rings. The van der Waals surface area contributed by atoms with Crippen LogP contribution in [0.4, 0.5) is 11.4 Å². The molecule has 1 aliphatic carbocycles. The van der Waals surface area contributed by atoms with Crippen LogP contribution in [0.3, 0.4) is 0 Å². The lowest BCUT2D eigenvalue weighted by Gasteiger charge is -2.23. The van der Waals surface area contributed by atoms with Crippen molar-refractivity contribution in [3.63, 3.8) is 0 Å². The molecule has 1 saturated carbocycles. The van der Waals surface area contributed by atoms with E-state index in [4.69, 9.17) is 14.5 Å². The maximum absolute atomic E-state index is 13.3. The van der Waals surface area contributed by atoms with Crippen molar-refractivity contribution in [1.82, 2.24) is 4.90 Å². The summed E-state index contributed by atoms with van der Waals surface area (Å²) in [4.78, 5) is 32.6. The molecule has 7 nitrogen and oxygen atoms in total. The van der Waals surface area contributed by atoms with E-state index >= 15 is 0 Å². The molecule has 2 amide bonds. The number of benzene rings is 2. The van der Waals surface area contributed by atoms with Crippen LogP contribution in [0.2, 0.25) is 0 Å². The van der Waals surface area contributed by atoms with Crippen LogP contribution in [0, 0.1) is 0 Å². The molecule has 0 bridgehead atoms. The first kappa shape index (κ1) is 22.2. The molecule has 1 atom stereocenters. The highest BCUT2D eigenvalue weighted by Crippen LogP contribution is 2.37. The van der Waals surface area contributed by atoms with Gasteiger partial charge in [0.1, 0.15) is 16.7 Å². The molecule has 168 valence electrons. The van der Waals surface area contributed by atoms with Crippen LogP contribution in [-0.4, -0.2) is 47.4 Å². The molecule has 8 heteroatoms. The zero-order chi connectivity index (χ0) is 22.5. The Hall–Kier alpha value is -3.00. The summed E-state index contributed by atoms with van der Waals surface area (Å²) in [6.07, 6.45) is 4.22. The Bertz CT molecular complexity index is 1000. The van der Waals surface area contributed by atoms with Gasteiger partial charge in [-0.1, -0.05) is 36.7 Å². The Morgan fingerprint density at radius 3 is 2.50 bits per heavy atom. The maximum Gasteiger partial charge on any atom is 0.242 e. The highest BCUT2D eigenvalue weighted by molar-refractivity contribution is 8.15. The van der Waals surface area contributed by atoms with Crippen LogP contribution >= 0.6 is 11.8 Å². The molecule has 32 heavy (non-hydrogen) atoms. The van der Waals surface area contributed by atoms with E-state index in [0.29, 0.717) is 16.6 Å². The van der Waals surface area contributed by atoms with Gasteiger partial charge in [0.25, 0.3) is 0 Å². The van der Waals surface area contributed by atoms with Gasteiger partial charge >= 0.3 is 0 Å². The lowest BCUT2D eigenvalue weighted by molar-refractivity contribution is -0.129. The van der Waals surface area contributed by atoms with Crippen molar-refractivity contribution < 1.29 is 19.1 Å². The normalized spacial score (nSPS) is 20.1. The van der Waals surface area contributed by atoms with E-state index in [1.165, 1.54) is 11.8 Å². The largest absolute Gasteiger partial charge is 0.497 e. The summed E-state index contributed by atoms with van der Waals surface area (Å²) in [6, 6.07) is 14.8. The number of methoxy groups -OCH3 is 2. The first-order chi connectivity index (χ1) is 15.6. The smallest absolute Gasteiger partial charge is 0.242 e. The lowest BCUT2D eigenvalue weighted by atomic mass is 10.2. The highest BCUT2D eigenvalue weighted by Gasteiger charge is 2.43. The predicted molar refractivity (Wildman–Crippen MR) is 127 cm³/mol. The summed E-state index contributed by atoms with van der Waals surface area (Å²) in [5, 5.41) is 3.04. The number of carbonyl (C=O) groups excluding carboxylic acids is 2. The third-order valence-electron chi connectivity index (χ3n) is 5.71. The van der Waals surface area contributed by atoms with Crippen LogP contribution in [0.15, 0.2) is 53.5 Å². The number of thioether (sulfide) groups is 1. The minimum absolute atomic E-state index is 0.0376. The molecular formula is C24H27N3O4S. The van der Waals surface area contributed by atoms with Gasteiger partial charge in [-0.25, -0.2) is 4.99 Å². The van der Waals surface area contributed by atoms with Crippen molar-refractivity contribution in [2.24, 2.45) is 4.99 Å². The fourth-order valence-electron chi connectivity index (χ4n) is 4.08. The Morgan fingerprint density at radius 1 is 1.09 bits per heavy atom. The van der Waals surface area contributed by atoms with Crippen LogP contribution in [0.1, 0.15) is 32.1 Å². The average Bonchev–Trinajstić information content (AvgIpc) is 3.43. The number of amidine groups is 1. The van der Waals surface area contributed by atoms with Crippen molar-refractivity contribution in [3.05, 3.63) is 48.5 Å². The summed E-state index contributed by atoms with van der Waals surface area (Å²) < 4.78 is 10.5. The third kappa shape index (κ3) is 4.91. The number of nitrogens with one attached hydrogen (secondary N) is 1. The van der Waals surface area contributed by atoms with Gasteiger partial charge in [0, 0.05) is 12.5 Å². The number of ether oxygens (including phenoxy) is 2. The summed E-state index contributed by atoms with van der Waals surface area (Å²) in [7, 11) is 3.18. The number of rotatable bonds is 7. The Balaban J connectivity index is 1.52. The summed E-state index contributed by atoms with van der Waals surface area (Å²) in [5.74, 6) is 1.07. The average molecular weight is 454 g/mol. The van der Waals surface area contributed by atoms with E-state index in [9.17, 15) is 9.59 Å². The number of para-hydroxylation sites is 2. The quantitative estimate of drug-likeness (QED) is 0.662. The molecule has 1 saturated heterocycles. The standard InChI is InChI=1S/C24H27N3O4S/c1-30-18-13-11-16(12-14-18)25-24-27(17-7-3-4-8-17)23(29)21(32-24)15-22(28)26-19-9-5-6-10-20(19)31-2/h5-6,9-14,17,21H,3-4,7-8,15H2,1-2H3,(H,26,28). The number of aliphatic imine (C=N–C) groups is 1. The summed E-state index contributed by atoms with van der Waals surface area (Å²) in [5.41, 5.74) is 1.35. The van der Waals surface area contributed by atoms with Crippen LogP contribution in [0.25, 0.3) is 0 Å². The van der Waals surface area contributed by atoms with Gasteiger partial charge in [-0.15, -0.1) is 0 Å². The highest BCUT2D eigenvalue weighted by atomic mass is 32.2. The molecule has 1 N–H and O–H groups in total. The molecule has 1 unspecified atom stereocenters. The van der Waals surface area contributed by atoms with Crippen LogP contribution in [0.5, 0.6) is 11.5 Å². The first-order valence-electron chi connectivity index (χ1n) is 10.7. The topological polar surface area (TPSA) is 80.2 Å². The Kier molecular flexibility index (Phi) is 6.99. The molecule has 2 aromatic rings. The second-order valence-electron chi connectivity index (χ2n) is 7.80. The molecule has 0 aromatic heterocycles. The van der Waals surface area contributed by atoms with Crippen molar-refractivity contribution in [3.8, 4) is 11.5 Å². The second-order valence-corrected chi connectivity index (χ2v) is 8.97. The van der Waals surface area contributed by atoms with Crippen molar-refractivity contribution >= 4 is 40.1 Å². The van der Waals surface area contributed by atoms with Gasteiger partial charge in [0.15, 0.2) is 5.17 Å². The van der Waals surface area contributed by atoms with Crippen molar-refractivity contribution in [2.45, 2.75) is 43.4 Å². The summed E-state index contributed by atoms with van der Waals surface area (Å²) >= 11 is 1.37. The molecule has 1 heterocycles. The van der Waals surface area contributed by atoms with Gasteiger partial charge in [-0.2, -0.15) is 0 Å². The number of carbonyl (C=O) groups is 2. The SMILES string of the molecule is COc1ccc(N=C2SC(CC(=O)Nc3ccccc3OC)C(=O)N2C2CCCC2)cc1. The molecule has 0 spiro atoms. The minimum atomic E-state index is -0.498. The molecular weight excluding hydrogens is 426 g/mol. The van der Waals surface area contributed by atoms with Gasteiger partial charge in [0.2, 0.25) is 11.8 Å². The van der Waals surface area contributed by atoms with Crippen molar-refractivity contribution in [2.75, 3.05) is 19.5 Å². The van der Waals surface area contributed by atoms with Gasteiger partial charge in [0.05, 0.1) is 25.6 Å². The maximum atomic E-state index is 13.3. The number of hydrogen-bond acceptors (Lipinski definition) is 6. The molecule has 2 fully saturated rings. The van der Waals surface area contributed by atoms with Crippen LogP contribution in [-0.2, 0) is 9.59 Å². The zero-order valence-corrected chi connectivity index (χ0v) is 19.1. The predicted octanol–water partition coefficient (Wildman–Crippen LogP) is 4.61. The number of hydrogen-bond donors (Lipinski definition) is 1. The number of nitrogens with zero attached hydrogens (tertiary/aromatic N) is 2. The van der Waals surface area contributed by atoms with E-state index in [0.717, 1.165) is 37.1 Å². The van der Waals surface area contributed by atoms with E-state index in [2.05, 4.69) is 5.32 Å². The molecule has 0 radical (unpaired) electrons. The zero-order valence-electron chi connectivity index (χ0n) is 18.2.